The molecule has 0 bridgehead atoms. The van der Waals surface area contributed by atoms with Gasteiger partial charge in [0.05, 0.1) is 35.3 Å². The van der Waals surface area contributed by atoms with Gasteiger partial charge < -0.3 is 14.8 Å². The predicted molar refractivity (Wildman–Crippen MR) is 103 cm³/mol. The maximum absolute atomic E-state index is 11.4. The summed E-state index contributed by atoms with van der Waals surface area (Å²) in [7, 11) is 1.58. The van der Waals surface area contributed by atoms with Crippen LogP contribution in [0.1, 0.15) is 6.42 Å². The first-order valence-electron chi connectivity index (χ1n) is 8.63. The fraction of sp³-hybridized carbons (Fsp3) is 0.250. The fourth-order valence-electron chi connectivity index (χ4n) is 3.10. The molecule has 1 aromatic carbocycles. The molecule has 1 amide bonds. The zero-order chi connectivity index (χ0) is 18.8. The summed E-state index contributed by atoms with van der Waals surface area (Å²) in [5.41, 5.74) is 2.35. The molecule has 0 saturated carbocycles. The van der Waals surface area contributed by atoms with Crippen LogP contribution in [0.4, 0.5) is 0 Å². The zero-order valence-corrected chi connectivity index (χ0v) is 15.5. The Bertz CT molecular complexity index is 1010. The molecule has 1 aliphatic heterocycles. The normalized spacial score (nSPS) is 16.4. The maximum Gasteiger partial charge on any atom is 0.223 e. The minimum absolute atomic E-state index is 0.0603. The lowest BCUT2D eigenvalue weighted by atomic mass is 10.1. The number of fused-ring (bicyclic) bond motifs is 1. The quantitative estimate of drug-likeness (QED) is 0.730. The molecule has 27 heavy (non-hydrogen) atoms. The van der Waals surface area contributed by atoms with Crippen LogP contribution >= 0.6 is 11.6 Å². The highest BCUT2D eigenvalue weighted by Gasteiger charge is 2.22. The summed E-state index contributed by atoms with van der Waals surface area (Å²) in [5, 5.41) is 4.19. The number of nitrogens with zero attached hydrogens (tertiary/aromatic N) is 2. The van der Waals surface area contributed by atoms with Gasteiger partial charge in [0.25, 0.3) is 0 Å². The van der Waals surface area contributed by atoms with Crippen molar-refractivity contribution in [3.8, 4) is 22.9 Å². The average molecular weight is 384 g/mol. The van der Waals surface area contributed by atoms with Crippen LogP contribution in [0.15, 0.2) is 42.6 Å². The number of carbonyl (C=O) groups excluding carboxylic acids is 1. The van der Waals surface area contributed by atoms with Crippen molar-refractivity contribution in [3.05, 3.63) is 47.6 Å². The molecule has 1 N–H and O–H groups in total. The molecule has 6 nitrogen and oxygen atoms in total. The molecule has 0 radical (unpaired) electrons. The van der Waals surface area contributed by atoms with E-state index in [1.807, 2.05) is 30.3 Å². The van der Waals surface area contributed by atoms with Gasteiger partial charge in [0.15, 0.2) is 0 Å². The van der Waals surface area contributed by atoms with E-state index >= 15 is 0 Å². The topological polar surface area (TPSA) is 73.3 Å². The lowest BCUT2D eigenvalue weighted by molar-refractivity contribution is -0.119. The van der Waals surface area contributed by atoms with E-state index in [9.17, 15) is 4.79 Å². The number of hydrogen-bond acceptors (Lipinski definition) is 5. The third kappa shape index (κ3) is 3.66. The van der Waals surface area contributed by atoms with Crippen molar-refractivity contribution in [2.75, 3.05) is 20.3 Å². The van der Waals surface area contributed by atoms with Crippen molar-refractivity contribution in [1.82, 2.24) is 15.3 Å². The monoisotopic (exact) mass is 383 g/mol. The molecule has 3 heterocycles. The summed E-state index contributed by atoms with van der Waals surface area (Å²) in [5.74, 6) is 1.29. The first-order chi connectivity index (χ1) is 13.1. The molecular formula is C20H18ClN3O3. The van der Waals surface area contributed by atoms with Gasteiger partial charge in [-0.3, -0.25) is 9.78 Å². The zero-order valence-electron chi connectivity index (χ0n) is 14.7. The third-order valence-electron chi connectivity index (χ3n) is 4.53. The average Bonchev–Trinajstić information content (AvgIpc) is 3.11. The molecule has 1 fully saturated rings. The van der Waals surface area contributed by atoms with E-state index in [0.29, 0.717) is 41.9 Å². The highest BCUT2D eigenvalue weighted by atomic mass is 35.5. The van der Waals surface area contributed by atoms with Crippen molar-refractivity contribution < 1.29 is 14.3 Å². The van der Waals surface area contributed by atoms with Crippen LogP contribution in [0, 0.1) is 5.92 Å². The molecule has 2 aromatic heterocycles. The van der Waals surface area contributed by atoms with Gasteiger partial charge in [-0.05, 0) is 30.3 Å². The van der Waals surface area contributed by atoms with Crippen molar-refractivity contribution in [1.29, 1.82) is 0 Å². The van der Waals surface area contributed by atoms with E-state index in [1.54, 1.807) is 19.4 Å². The summed E-state index contributed by atoms with van der Waals surface area (Å²) < 4.78 is 11.3. The summed E-state index contributed by atoms with van der Waals surface area (Å²) in [6.07, 6.45) is 2.21. The molecule has 4 rings (SSSR count). The first-order valence-corrected chi connectivity index (χ1v) is 9.01. The van der Waals surface area contributed by atoms with Crippen LogP contribution in [0.2, 0.25) is 5.02 Å². The second kappa shape index (κ2) is 7.40. The van der Waals surface area contributed by atoms with Crippen molar-refractivity contribution >= 4 is 28.4 Å². The van der Waals surface area contributed by atoms with E-state index < -0.39 is 0 Å². The minimum atomic E-state index is 0.0603. The van der Waals surface area contributed by atoms with Gasteiger partial charge >= 0.3 is 0 Å². The molecule has 0 spiro atoms. The van der Waals surface area contributed by atoms with E-state index in [2.05, 4.69) is 10.3 Å². The Morgan fingerprint density at radius 1 is 1.30 bits per heavy atom. The lowest BCUT2D eigenvalue weighted by Gasteiger charge is -2.13. The van der Waals surface area contributed by atoms with Gasteiger partial charge in [0.2, 0.25) is 11.8 Å². The highest BCUT2D eigenvalue weighted by molar-refractivity contribution is 6.32. The standard InChI is InChI=1S/C20H18ClN3O3/c1-26-18-8-13(4-5-15(18)21)16-9-17-14(3-2-6-22-17)20(24-16)27-11-12-7-19(25)23-10-12/h2-6,8-9,12H,7,10-11H2,1H3,(H,23,25). The number of aromatic nitrogens is 2. The number of rotatable bonds is 5. The van der Waals surface area contributed by atoms with Crippen LogP contribution in [0.5, 0.6) is 11.6 Å². The lowest BCUT2D eigenvalue weighted by Crippen LogP contribution is -2.17. The van der Waals surface area contributed by atoms with Crippen LogP contribution in [-0.2, 0) is 4.79 Å². The van der Waals surface area contributed by atoms with Crippen molar-refractivity contribution in [3.63, 3.8) is 0 Å². The maximum atomic E-state index is 11.4. The van der Waals surface area contributed by atoms with Gasteiger partial charge in [0, 0.05) is 30.6 Å². The number of amides is 1. The number of hydrogen-bond donors (Lipinski definition) is 1. The summed E-state index contributed by atoms with van der Waals surface area (Å²) in [4.78, 5) is 20.5. The third-order valence-corrected chi connectivity index (χ3v) is 4.84. The summed E-state index contributed by atoms with van der Waals surface area (Å²) in [6, 6.07) is 11.2. The largest absolute Gasteiger partial charge is 0.495 e. The molecule has 3 aromatic rings. The van der Waals surface area contributed by atoms with E-state index in [-0.39, 0.29) is 11.8 Å². The van der Waals surface area contributed by atoms with Crippen LogP contribution in [0.3, 0.4) is 0 Å². The Morgan fingerprint density at radius 2 is 2.19 bits per heavy atom. The second-order valence-corrected chi connectivity index (χ2v) is 6.82. The number of nitrogens with one attached hydrogen (secondary N) is 1. The molecule has 1 aliphatic rings. The van der Waals surface area contributed by atoms with Crippen molar-refractivity contribution in [2.24, 2.45) is 5.92 Å². The molecule has 1 saturated heterocycles. The van der Waals surface area contributed by atoms with Crippen LogP contribution in [0.25, 0.3) is 22.2 Å². The highest BCUT2D eigenvalue weighted by Crippen LogP contribution is 2.33. The van der Waals surface area contributed by atoms with Gasteiger partial charge in [-0.1, -0.05) is 17.7 Å². The summed E-state index contributed by atoms with van der Waals surface area (Å²) >= 11 is 6.13. The van der Waals surface area contributed by atoms with E-state index in [0.717, 1.165) is 16.5 Å². The summed E-state index contributed by atoms with van der Waals surface area (Å²) in [6.45, 7) is 1.05. The number of ether oxygens (including phenoxy) is 2. The van der Waals surface area contributed by atoms with E-state index in [4.69, 9.17) is 26.1 Å². The van der Waals surface area contributed by atoms with Gasteiger partial charge in [-0.25, -0.2) is 4.98 Å². The van der Waals surface area contributed by atoms with Gasteiger partial charge in [0.1, 0.15) is 5.75 Å². The Morgan fingerprint density at radius 3 is 2.96 bits per heavy atom. The fourth-order valence-corrected chi connectivity index (χ4v) is 3.30. The Balaban J connectivity index is 1.70. The van der Waals surface area contributed by atoms with E-state index in [1.165, 1.54) is 0 Å². The van der Waals surface area contributed by atoms with Gasteiger partial charge in [-0.2, -0.15) is 0 Å². The molecule has 138 valence electrons. The van der Waals surface area contributed by atoms with Crippen molar-refractivity contribution in [2.45, 2.75) is 6.42 Å². The Hall–Kier alpha value is -2.86. The van der Waals surface area contributed by atoms with Crippen LogP contribution < -0.4 is 14.8 Å². The number of carbonyl (C=O) groups is 1. The number of halogens is 1. The molecule has 1 unspecified atom stereocenters. The molecule has 1 atom stereocenters. The number of benzene rings is 1. The predicted octanol–water partition coefficient (Wildman–Crippen LogP) is 3.47. The minimum Gasteiger partial charge on any atom is -0.495 e. The smallest absolute Gasteiger partial charge is 0.223 e. The second-order valence-electron chi connectivity index (χ2n) is 6.42. The number of pyridine rings is 2. The van der Waals surface area contributed by atoms with Crippen LogP contribution in [-0.4, -0.2) is 36.1 Å². The Kier molecular flexibility index (Phi) is 4.81. The molecule has 7 heteroatoms. The molecular weight excluding hydrogens is 366 g/mol. The molecule has 0 aliphatic carbocycles. The van der Waals surface area contributed by atoms with Gasteiger partial charge in [-0.15, -0.1) is 0 Å². The first kappa shape index (κ1) is 17.5. The Labute approximate surface area is 161 Å². The SMILES string of the molecule is COc1cc(-c2cc3ncccc3c(OCC3CNC(=O)C3)n2)ccc1Cl. The number of methoxy groups -OCH3 is 1.